The summed E-state index contributed by atoms with van der Waals surface area (Å²) in [5, 5.41) is 2.60. The minimum atomic E-state index is 0.503. The molecule has 0 N–H and O–H groups in total. The monoisotopic (exact) mass is 246 g/mol. The molecule has 2 aromatic carbocycles. The Balaban J connectivity index is 2.56. The summed E-state index contributed by atoms with van der Waals surface area (Å²) >= 11 is 0. The largest absolute Gasteiger partial charge is 0.477 e. The molecule has 0 saturated heterocycles. The van der Waals surface area contributed by atoms with E-state index < -0.39 is 0 Å². The normalized spacial score (nSPS) is 11.5. The fourth-order valence-corrected chi connectivity index (χ4v) is 2.48. The fourth-order valence-electron chi connectivity index (χ4n) is 2.07. The molecule has 0 fully saturated rings. The molecule has 0 saturated carbocycles. The van der Waals surface area contributed by atoms with Gasteiger partial charge in [0, 0.05) is 0 Å². The Bertz CT molecular complexity index is 520. The zero-order chi connectivity index (χ0) is 12.3. The van der Waals surface area contributed by atoms with E-state index >= 15 is 0 Å². The summed E-state index contributed by atoms with van der Waals surface area (Å²) in [4.78, 5) is 0. The van der Waals surface area contributed by atoms with Crippen LogP contribution >= 0.6 is 8.81 Å². The Labute approximate surface area is 105 Å². The van der Waals surface area contributed by atoms with Gasteiger partial charge in [0.15, 0.2) is 0 Å². The molecule has 1 nitrogen and oxygen atoms in total. The first-order valence-electron chi connectivity index (χ1n) is 6.17. The van der Waals surface area contributed by atoms with E-state index in [-0.39, 0.29) is 0 Å². The van der Waals surface area contributed by atoms with Crippen LogP contribution in [0, 0.1) is 0 Å². The summed E-state index contributed by atoms with van der Waals surface area (Å²) in [6.45, 7) is 6.43. The number of benzene rings is 2. The van der Waals surface area contributed by atoms with Crippen molar-refractivity contribution in [1.29, 1.82) is 0 Å². The van der Waals surface area contributed by atoms with Crippen LogP contribution in [0.3, 0.4) is 0 Å². The highest BCUT2D eigenvalue weighted by atomic mass is 31.1. The molecule has 2 aromatic rings. The molecule has 0 heterocycles. The molecule has 2 heteroatoms. The standard InChI is InChI=1S/C15H19OP/c1-4-11-6-7-13-10-15(16-17-3)12(5-2)9-14(13)8-11/h6-10,17H,4-5H2,1-3H3. The zero-order valence-electron chi connectivity index (χ0n) is 10.7. The van der Waals surface area contributed by atoms with Gasteiger partial charge in [0.2, 0.25) is 0 Å². The lowest BCUT2D eigenvalue weighted by Crippen LogP contribution is -1.89. The van der Waals surface area contributed by atoms with E-state index in [0.29, 0.717) is 8.81 Å². The van der Waals surface area contributed by atoms with E-state index in [1.165, 1.54) is 21.9 Å². The Kier molecular flexibility index (Phi) is 4.02. The molecule has 0 aliphatic heterocycles. The van der Waals surface area contributed by atoms with Crippen LogP contribution in [-0.4, -0.2) is 6.66 Å². The predicted molar refractivity (Wildman–Crippen MR) is 77.6 cm³/mol. The van der Waals surface area contributed by atoms with Gasteiger partial charge in [-0.05, 0) is 53.5 Å². The van der Waals surface area contributed by atoms with Crippen molar-refractivity contribution in [3.63, 3.8) is 0 Å². The van der Waals surface area contributed by atoms with E-state index in [0.717, 1.165) is 18.6 Å². The summed E-state index contributed by atoms with van der Waals surface area (Å²) in [7, 11) is 0.503. The minimum absolute atomic E-state index is 0.503. The van der Waals surface area contributed by atoms with Crippen LogP contribution in [0.4, 0.5) is 0 Å². The third kappa shape index (κ3) is 2.61. The lowest BCUT2D eigenvalue weighted by molar-refractivity contribution is 0.626. The lowest BCUT2D eigenvalue weighted by atomic mass is 10.0. The summed E-state index contributed by atoms with van der Waals surface area (Å²) in [6.07, 6.45) is 2.11. The fraction of sp³-hybridized carbons (Fsp3) is 0.333. The van der Waals surface area contributed by atoms with E-state index in [2.05, 4.69) is 50.8 Å². The van der Waals surface area contributed by atoms with Crippen molar-refractivity contribution in [2.75, 3.05) is 6.66 Å². The molecule has 1 unspecified atom stereocenters. The Morgan fingerprint density at radius 1 is 1.00 bits per heavy atom. The maximum Gasteiger partial charge on any atom is 0.126 e. The molecule has 1 atom stereocenters. The van der Waals surface area contributed by atoms with Crippen LogP contribution in [-0.2, 0) is 12.8 Å². The van der Waals surface area contributed by atoms with Gasteiger partial charge in [0.05, 0.1) is 8.81 Å². The maximum absolute atomic E-state index is 5.72. The van der Waals surface area contributed by atoms with Crippen LogP contribution in [0.25, 0.3) is 10.8 Å². The lowest BCUT2D eigenvalue weighted by Gasteiger charge is -2.11. The zero-order valence-corrected chi connectivity index (χ0v) is 11.7. The molecule has 0 radical (unpaired) electrons. The number of hydrogen-bond acceptors (Lipinski definition) is 1. The van der Waals surface area contributed by atoms with Crippen LogP contribution in [0.5, 0.6) is 5.75 Å². The van der Waals surface area contributed by atoms with Gasteiger partial charge in [-0.1, -0.05) is 32.0 Å². The average Bonchev–Trinajstić information content (AvgIpc) is 2.37. The van der Waals surface area contributed by atoms with Crippen molar-refractivity contribution in [1.82, 2.24) is 0 Å². The second-order valence-electron chi connectivity index (χ2n) is 4.15. The SMILES string of the molecule is CCc1ccc2cc(OPC)c(CC)cc2c1. The predicted octanol–water partition coefficient (Wildman–Crippen LogP) is 4.57. The molecule has 0 aliphatic rings. The number of fused-ring (bicyclic) bond motifs is 1. The third-order valence-corrected chi connectivity index (χ3v) is 3.51. The van der Waals surface area contributed by atoms with E-state index in [4.69, 9.17) is 4.52 Å². The van der Waals surface area contributed by atoms with Gasteiger partial charge in [-0.2, -0.15) is 0 Å². The van der Waals surface area contributed by atoms with E-state index in [1.807, 2.05) is 0 Å². The van der Waals surface area contributed by atoms with Crippen LogP contribution in [0.1, 0.15) is 25.0 Å². The quantitative estimate of drug-likeness (QED) is 0.718. The smallest absolute Gasteiger partial charge is 0.126 e. The number of hydrogen-bond donors (Lipinski definition) is 0. The molecule has 0 spiro atoms. The maximum atomic E-state index is 5.72. The van der Waals surface area contributed by atoms with Gasteiger partial charge in [-0.25, -0.2) is 0 Å². The van der Waals surface area contributed by atoms with E-state index in [9.17, 15) is 0 Å². The van der Waals surface area contributed by atoms with E-state index in [1.54, 1.807) is 0 Å². The van der Waals surface area contributed by atoms with Crippen molar-refractivity contribution < 1.29 is 4.52 Å². The molecular weight excluding hydrogens is 227 g/mol. The molecule has 17 heavy (non-hydrogen) atoms. The van der Waals surface area contributed by atoms with Crippen molar-refractivity contribution in [3.8, 4) is 5.75 Å². The molecule has 2 rings (SSSR count). The summed E-state index contributed by atoms with van der Waals surface area (Å²) in [6, 6.07) is 11.1. The highest BCUT2D eigenvalue weighted by molar-refractivity contribution is 7.31. The van der Waals surface area contributed by atoms with Gasteiger partial charge in [0.25, 0.3) is 0 Å². The molecule has 0 bridgehead atoms. The third-order valence-electron chi connectivity index (χ3n) is 3.09. The minimum Gasteiger partial charge on any atom is -0.477 e. The topological polar surface area (TPSA) is 9.23 Å². The second kappa shape index (κ2) is 5.51. The van der Waals surface area contributed by atoms with Gasteiger partial charge in [-0.3, -0.25) is 0 Å². The summed E-state index contributed by atoms with van der Waals surface area (Å²) < 4.78 is 5.72. The highest BCUT2D eigenvalue weighted by Crippen LogP contribution is 2.30. The Hall–Kier alpha value is -1.07. The first kappa shape index (κ1) is 12.4. The molecular formula is C15H19OP. The first-order valence-corrected chi connectivity index (χ1v) is 7.58. The Morgan fingerprint density at radius 3 is 2.47 bits per heavy atom. The van der Waals surface area contributed by atoms with Gasteiger partial charge >= 0.3 is 0 Å². The van der Waals surface area contributed by atoms with Gasteiger partial charge < -0.3 is 4.52 Å². The van der Waals surface area contributed by atoms with Crippen molar-refractivity contribution >= 4 is 19.6 Å². The second-order valence-corrected chi connectivity index (χ2v) is 4.77. The van der Waals surface area contributed by atoms with Crippen LogP contribution in [0.2, 0.25) is 0 Å². The van der Waals surface area contributed by atoms with Gasteiger partial charge in [-0.15, -0.1) is 0 Å². The molecule has 0 aromatic heterocycles. The molecule has 0 amide bonds. The van der Waals surface area contributed by atoms with Crippen molar-refractivity contribution in [2.24, 2.45) is 0 Å². The van der Waals surface area contributed by atoms with Crippen LogP contribution < -0.4 is 4.52 Å². The number of rotatable bonds is 4. The summed E-state index contributed by atoms with van der Waals surface area (Å²) in [5.74, 6) is 1.05. The highest BCUT2D eigenvalue weighted by Gasteiger charge is 2.05. The Morgan fingerprint density at radius 2 is 1.82 bits per heavy atom. The number of aryl methyl sites for hydroxylation is 2. The van der Waals surface area contributed by atoms with Crippen molar-refractivity contribution in [3.05, 3.63) is 41.5 Å². The molecule has 0 aliphatic carbocycles. The average molecular weight is 246 g/mol. The molecule has 90 valence electrons. The van der Waals surface area contributed by atoms with Gasteiger partial charge in [0.1, 0.15) is 5.75 Å². The van der Waals surface area contributed by atoms with Crippen molar-refractivity contribution in [2.45, 2.75) is 26.7 Å². The first-order chi connectivity index (χ1) is 8.28. The van der Waals surface area contributed by atoms with Crippen LogP contribution in [0.15, 0.2) is 30.3 Å². The summed E-state index contributed by atoms with van der Waals surface area (Å²) in [5.41, 5.74) is 2.70.